The van der Waals surface area contributed by atoms with Crippen LogP contribution >= 0.6 is 0 Å². The third kappa shape index (κ3) is 8.38. The molecule has 0 saturated heterocycles. The van der Waals surface area contributed by atoms with Gasteiger partial charge >= 0.3 is 12.4 Å². The number of nitrogens with one attached hydrogen (secondary N) is 1. The van der Waals surface area contributed by atoms with E-state index in [1.165, 1.54) is 0 Å². The summed E-state index contributed by atoms with van der Waals surface area (Å²) in [6.45, 7) is 6.12. The first kappa shape index (κ1) is 34.3. The minimum Gasteiger partial charge on any atom is -0.758 e. The Morgan fingerprint density at radius 3 is 2.43 bits per heavy atom. The van der Waals surface area contributed by atoms with Crippen LogP contribution in [0.1, 0.15) is 70.4 Å². The number of benzene rings is 1. The number of hydrogen-bond donors (Lipinski definition) is 2. The van der Waals surface area contributed by atoms with Crippen LogP contribution in [0.2, 0.25) is 0 Å². The van der Waals surface area contributed by atoms with E-state index < -0.39 is 47.3 Å². The van der Waals surface area contributed by atoms with Crippen molar-refractivity contribution in [2.45, 2.75) is 90.5 Å². The number of aryl methyl sites for hydroxylation is 1. The van der Waals surface area contributed by atoms with Crippen LogP contribution in [-0.4, -0.2) is 42.6 Å². The molecule has 0 spiro atoms. The molecule has 246 valence electrons. The Balaban J connectivity index is 1.33. The maximum Gasteiger partial charge on any atom is 0.416 e. The van der Waals surface area contributed by atoms with Gasteiger partial charge < -0.3 is 20.7 Å². The summed E-state index contributed by atoms with van der Waals surface area (Å²) in [5.74, 6) is -1.88. The number of aliphatic hydroxyl groups excluding tert-OH is 1. The molecule has 3 aliphatic rings. The van der Waals surface area contributed by atoms with Gasteiger partial charge in [0.15, 0.2) is 0 Å². The van der Waals surface area contributed by atoms with E-state index in [0.29, 0.717) is 43.7 Å². The van der Waals surface area contributed by atoms with Gasteiger partial charge in [0, 0.05) is 23.7 Å². The number of rotatable bonds is 9. The molecule has 1 amide bonds. The Hall–Kier alpha value is -2.53. The number of carbonyl (C=O) groups is 1. The number of carbonyl (C=O) groups excluding carboxylic acids is 1. The van der Waals surface area contributed by atoms with E-state index in [-0.39, 0.29) is 37.0 Å². The fraction of sp³-hybridized carbons (Fsp3) is 0.667. The lowest BCUT2D eigenvalue weighted by molar-refractivity contribution is -0.128. The number of halogens is 6. The molecule has 6 atom stereocenters. The number of nitrogens with zero attached hydrogens (tertiary/aromatic N) is 1. The van der Waals surface area contributed by atoms with Gasteiger partial charge in [-0.25, -0.2) is 0 Å². The van der Waals surface area contributed by atoms with Crippen molar-refractivity contribution in [2.24, 2.45) is 35.5 Å². The molecule has 5 nitrogen and oxygen atoms in total. The second kappa shape index (κ2) is 13.8. The van der Waals surface area contributed by atoms with Crippen LogP contribution in [0.5, 0.6) is 0 Å². The van der Waals surface area contributed by atoms with Gasteiger partial charge in [-0.15, -0.1) is 0 Å². The van der Waals surface area contributed by atoms with Crippen LogP contribution in [0.4, 0.5) is 32.0 Å². The first-order valence-corrected chi connectivity index (χ1v) is 15.7. The van der Waals surface area contributed by atoms with Gasteiger partial charge in [-0.3, -0.25) is 4.79 Å². The maximum absolute atomic E-state index is 13.4. The minimum atomic E-state index is -4.82. The van der Waals surface area contributed by atoms with Crippen LogP contribution < -0.4 is 10.4 Å². The van der Waals surface area contributed by atoms with Gasteiger partial charge in [0.25, 0.3) is 0 Å². The number of fused-ring (bicyclic) bond motifs is 2. The van der Waals surface area contributed by atoms with Crippen molar-refractivity contribution in [1.82, 2.24) is 5.32 Å². The lowest BCUT2D eigenvalue weighted by Crippen LogP contribution is -2.43. The average molecular weight is 630 g/mol. The first-order chi connectivity index (χ1) is 20.6. The summed E-state index contributed by atoms with van der Waals surface area (Å²) >= 11 is 0. The monoisotopic (exact) mass is 629 g/mol. The quantitative estimate of drug-likeness (QED) is 0.167. The first-order valence-electron chi connectivity index (χ1n) is 15.7. The lowest BCUT2D eigenvalue weighted by atomic mass is 9.84. The molecule has 1 fully saturated rings. The number of aliphatic hydroxyl groups is 1. The predicted octanol–water partition coefficient (Wildman–Crippen LogP) is 7.67. The molecule has 1 saturated carbocycles. The average Bonchev–Trinajstić information content (AvgIpc) is 3.65. The number of anilines is 1. The van der Waals surface area contributed by atoms with E-state index in [0.717, 1.165) is 41.5 Å². The fourth-order valence-corrected chi connectivity index (χ4v) is 6.92. The van der Waals surface area contributed by atoms with Gasteiger partial charge in [0.05, 0.1) is 18.2 Å². The van der Waals surface area contributed by atoms with Gasteiger partial charge in [-0.05, 0) is 97.5 Å². The highest BCUT2D eigenvalue weighted by Gasteiger charge is 2.59. The van der Waals surface area contributed by atoms with E-state index in [9.17, 15) is 41.5 Å². The van der Waals surface area contributed by atoms with Crippen molar-refractivity contribution in [3.05, 3.63) is 57.8 Å². The fourth-order valence-electron chi connectivity index (χ4n) is 6.92. The third-order valence-corrected chi connectivity index (χ3v) is 9.54. The molecule has 1 heterocycles. The van der Waals surface area contributed by atoms with Crippen LogP contribution in [-0.2, 0) is 17.6 Å². The SMILES string of the molecule is CC1CCc2ccc(N([O-])CCCCCC3C4C=C(C(F)(F)F)C=C(C(F)(F)F)C43)cc2C[C@@H](CO)NC(=O)[C@H](C(C)C)C1. The maximum atomic E-state index is 13.4. The summed E-state index contributed by atoms with van der Waals surface area (Å²) in [7, 11) is 0. The zero-order chi connectivity index (χ0) is 32.4. The summed E-state index contributed by atoms with van der Waals surface area (Å²) in [5.41, 5.74) is 0.106. The predicted molar refractivity (Wildman–Crippen MR) is 158 cm³/mol. The third-order valence-electron chi connectivity index (χ3n) is 9.54. The van der Waals surface area contributed by atoms with Crippen LogP contribution in [0.25, 0.3) is 0 Å². The Morgan fingerprint density at radius 2 is 1.80 bits per heavy atom. The highest BCUT2D eigenvalue weighted by Crippen LogP contribution is 2.61. The molecular formula is C33H43F6N2O3-. The zero-order valence-electron chi connectivity index (χ0n) is 25.5. The highest BCUT2D eigenvalue weighted by molar-refractivity contribution is 5.79. The van der Waals surface area contributed by atoms with Gasteiger partial charge in [0.1, 0.15) is 0 Å². The smallest absolute Gasteiger partial charge is 0.416 e. The molecule has 0 radical (unpaired) electrons. The minimum absolute atomic E-state index is 0.0659. The number of alkyl halides is 6. The number of hydrogen-bond acceptors (Lipinski definition) is 4. The zero-order valence-corrected chi connectivity index (χ0v) is 25.5. The number of hydroxylamine groups is 1. The Morgan fingerprint density at radius 1 is 1.07 bits per heavy atom. The molecule has 0 bridgehead atoms. The van der Waals surface area contributed by atoms with Crippen molar-refractivity contribution in [3.63, 3.8) is 0 Å². The summed E-state index contributed by atoms with van der Waals surface area (Å²) in [4.78, 5) is 13.0. The molecule has 0 aromatic heterocycles. The van der Waals surface area contributed by atoms with Crippen LogP contribution in [0.15, 0.2) is 41.5 Å². The number of unbranched alkanes of at least 4 members (excludes halogenated alkanes) is 2. The van der Waals surface area contributed by atoms with Crippen LogP contribution in [0, 0.1) is 40.7 Å². The van der Waals surface area contributed by atoms with E-state index in [1.807, 2.05) is 26.0 Å². The summed E-state index contributed by atoms with van der Waals surface area (Å²) in [6.07, 6.45) is -3.66. The molecule has 4 rings (SSSR count). The Labute approximate surface area is 255 Å². The van der Waals surface area contributed by atoms with E-state index in [4.69, 9.17) is 0 Å². The summed E-state index contributed by atoms with van der Waals surface area (Å²) < 4.78 is 79.7. The molecule has 44 heavy (non-hydrogen) atoms. The highest BCUT2D eigenvalue weighted by atomic mass is 19.4. The van der Waals surface area contributed by atoms with Crippen molar-refractivity contribution in [3.8, 4) is 0 Å². The van der Waals surface area contributed by atoms with E-state index >= 15 is 0 Å². The summed E-state index contributed by atoms with van der Waals surface area (Å²) in [6, 6.07) is 5.03. The van der Waals surface area contributed by atoms with Crippen molar-refractivity contribution in [1.29, 1.82) is 0 Å². The largest absolute Gasteiger partial charge is 0.758 e. The number of allylic oxidation sites excluding steroid dienone is 4. The normalized spacial score (nSPS) is 27.9. The molecule has 2 aliphatic carbocycles. The topological polar surface area (TPSA) is 75.6 Å². The standard InChI is InChI=1S/C33H43F6N2O3/c1-19(2)27-13-20(3)8-9-21-10-11-25(15-22(21)14-24(18-42)40-31(27)43)41(44)12-6-4-5-7-26-28-16-23(32(34,35)36)17-29(30(26)28)33(37,38)39/h10-11,15-17,19-20,24,26-28,30,42H,4-9,12-14,18H2,1-3H3,(H,40,43)/q-1/t20?,24-,26?,27-,28?,30?/m0/s1. The molecule has 11 heteroatoms. The van der Waals surface area contributed by atoms with Gasteiger partial charge in [-0.2, -0.15) is 26.3 Å². The molecule has 1 aromatic carbocycles. The Bertz CT molecular complexity index is 1220. The molecule has 1 aromatic rings. The van der Waals surface area contributed by atoms with Crippen molar-refractivity contribution < 1.29 is 36.2 Å². The molecule has 2 N–H and O–H groups in total. The van der Waals surface area contributed by atoms with Gasteiger partial charge in [0.2, 0.25) is 5.91 Å². The molecular weight excluding hydrogens is 586 g/mol. The van der Waals surface area contributed by atoms with E-state index in [1.54, 1.807) is 6.07 Å². The molecule has 1 aliphatic heterocycles. The second-order valence-electron chi connectivity index (χ2n) is 13.2. The van der Waals surface area contributed by atoms with E-state index in [2.05, 4.69) is 12.2 Å². The summed E-state index contributed by atoms with van der Waals surface area (Å²) in [5, 5.41) is 26.9. The number of amides is 1. The Kier molecular flexibility index (Phi) is 10.8. The lowest BCUT2D eigenvalue weighted by Gasteiger charge is -2.32. The second-order valence-corrected chi connectivity index (χ2v) is 13.2. The molecule has 4 unspecified atom stereocenters. The van der Waals surface area contributed by atoms with Crippen LogP contribution in [0.3, 0.4) is 0 Å². The van der Waals surface area contributed by atoms with Crippen molar-refractivity contribution in [2.75, 3.05) is 18.2 Å². The van der Waals surface area contributed by atoms with Crippen molar-refractivity contribution >= 4 is 11.6 Å². The van der Waals surface area contributed by atoms with Gasteiger partial charge in [-0.1, -0.05) is 45.8 Å².